The van der Waals surface area contributed by atoms with Gasteiger partial charge in [-0.1, -0.05) is 12.8 Å². The van der Waals surface area contributed by atoms with Gasteiger partial charge in [-0.15, -0.1) is 0 Å². The third kappa shape index (κ3) is 2.07. The number of nitrogen functional groups attached to an aromatic ring is 1. The van der Waals surface area contributed by atoms with Gasteiger partial charge in [0.1, 0.15) is 11.6 Å². The minimum Gasteiger partial charge on any atom is -0.382 e. The van der Waals surface area contributed by atoms with E-state index in [0.29, 0.717) is 11.9 Å². The van der Waals surface area contributed by atoms with Crippen LogP contribution in [0, 0.1) is 0 Å². The zero-order valence-corrected chi connectivity index (χ0v) is 8.66. The van der Waals surface area contributed by atoms with Crippen molar-refractivity contribution in [1.29, 1.82) is 0 Å². The normalized spacial score (nSPS) is 17.8. The average molecular weight is 194 g/mol. The van der Waals surface area contributed by atoms with Gasteiger partial charge in [-0.25, -0.2) is 4.98 Å². The van der Waals surface area contributed by atoms with Crippen molar-refractivity contribution in [3.8, 4) is 0 Å². The molecule has 0 amide bonds. The standard InChI is InChI=1S/C10H18N4/c1-14-7-9(11)13-10(14)6-12-8-4-2-3-5-8/h7-8,12H,2-6,11H2,1H3. The minimum atomic E-state index is 0.607. The number of aromatic nitrogens is 2. The predicted molar refractivity (Wildman–Crippen MR) is 56.7 cm³/mol. The Bertz CT molecular complexity index is 299. The van der Waals surface area contributed by atoms with E-state index in [2.05, 4.69) is 10.3 Å². The molecule has 0 unspecified atom stereocenters. The number of nitrogens with two attached hydrogens (primary N) is 1. The largest absolute Gasteiger partial charge is 0.382 e. The molecule has 0 saturated heterocycles. The molecule has 0 atom stereocenters. The van der Waals surface area contributed by atoms with Crippen LogP contribution in [0.5, 0.6) is 0 Å². The van der Waals surface area contributed by atoms with Gasteiger partial charge >= 0.3 is 0 Å². The van der Waals surface area contributed by atoms with Gasteiger partial charge in [0.2, 0.25) is 0 Å². The van der Waals surface area contributed by atoms with Crippen molar-refractivity contribution in [2.75, 3.05) is 5.73 Å². The average Bonchev–Trinajstić information content (AvgIpc) is 2.72. The van der Waals surface area contributed by atoms with Gasteiger partial charge < -0.3 is 15.6 Å². The molecule has 1 heterocycles. The fourth-order valence-corrected chi connectivity index (χ4v) is 2.06. The van der Waals surface area contributed by atoms with Gasteiger partial charge in [-0.3, -0.25) is 0 Å². The van der Waals surface area contributed by atoms with Crippen molar-refractivity contribution in [1.82, 2.24) is 14.9 Å². The summed E-state index contributed by atoms with van der Waals surface area (Å²) in [5.74, 6) is 1.63. The first-order valence-electron chi connectivity index (χ1n) is 5.27. The first-order chi connectivity index (χ1) is 6.75. The van der Waals surface area contributed by atoms with Crippen molar-refractivity contribution < 1.29 is 0 Å². The maximum absolute atomic E-state index is 5.60. The Hall–Kier alpha value is -1.03. The Balaban J connectivity index is 1.87. The van der Waals surface area contributed by atoms with Crippen LogP contribution in [0.1, 0.15) is 31.5 Å². The van der Waals surface area contributed by atoms with E-state index in [4.69, 9.17) is 5.73 Å². The Morgan fingerprint density at radius 2 is 2.29 bits per heavy atom. The van der Waals surface area contributed by atoms with Crippen LogP contribution in [0.2, 0.25) is 0 Å². The highest BCUT2D eigenvalue weighted by atomic mass is 15.1. The molecule has 2 rings (SSSR count). The fourth-order valence-electron chi connectivity index (χ4n) is 2.06. The minimum absolute atomic E-state index is 0.607. The van der Waals surface area contributed by atoms with Gasteiger partial charge in [0, 0.05) is 19.3 Å². The third-order valence-electron chi connectivity index (χ3n) is 2.90. The second-order valence-electron chi connectivity index (χ2n) is 4.06. The molecule has 0 spiro atoms. The SMILES string of the molecule is Cn1cc(N)nc1CNC1CCCC1. The van der Waals surface area contributed by atoms with Crippen molar-refractivity contribution in [3.05, 3.63) is 12.0 Å². The molecule has 3 N–H and O–H groups in total. The van der Waals surface area contributed by atoms with Crippen LogP contribution >= 0.6 is 0 Å². The highest BCUT2D eigenvalue weighted by molar-refractivity contribution is 5.25. The lowest BCUT2D eigenvalue weighted by molar-refractivity contribution is 0.507. The van der Waals surface area contributed by atoms with E-state index in [0.717, 1.165) is 12.4 Å². The molecule has 0 bridgehead atoms. The molecule has 0 aliphatic heterocycles. The van der Waals surface area contributed by atoms with E-state index in [9.17, 15) is 0 Å². The Kier molecular flexibility index (Phi) is 2.72. The van der Waals surface area contributed by atoms with Crippen LogP contribution in [-0.2, 0) is 13.6 Å². The highest BCUT2D eigenvalue weighted by Crippen LogP contribution is 2.18. The maximum Gasteiger partial charge on any atom is 0.141 e. The van der Waals surface area contributed by atoms with Crippen LogP contribution in [0.25, 0.3) is 0 Å². The second-order valence-corrected chi connectivity index (χ2v) is 4.06. The maximum atomic E-state index is 5.60. The Morgan fingerprint density at radius 1 is 1.57 bits per heavy atom. The summed E-state index contributed by atoms with van der Waals surface area (Å²) in [6.07, 6.45) is 7.19. The summed E-state index contributed by atoms with van der Waals surface area (Å²) < 4.78 is 1.98. The zero-order chi connectivity index (χ0) is 9.97. The summed E-state index contributed by atoms with van der Waals surface area (Å²) in [5.41, 5.74) is 5.60. The van der Waals surface area contributed by atoms with Crippen LogP contribution in [-0.4, -0.2) is 15.6 Å². The summed E-state index contributed by atoms with van der Waals surface area (Å²) in [6, 6.07) is 0.688. The zero-order valence-electron chi connectivity index (χ0n) is 8.66. The van der Waals surface area contributed by atoms with E-state index in [-0.39, 0.29) is 0 Å². The molecule has 1 saturated carbocycles. The molecule has 1 aromatic heterocycles. The molecule has 0 aromatic carbocycles. The molecule has 1 aromatic rings. The van der Waals surface area contributed by atoms with E-state index in [1.807, 2.05) is 17.8 Å². The van der Waals surface area contributed by atoms with Gasteiger partial charge in [0.25, 0.3) is 0 Å². The predicted octanol–water partition coefficient (Wildman–Crippen LogP) is 1.03. The monoisotopic (exact) mass is 194 g/mol. The van der Waals surface area contributed by atoms with E-state index in [1.165, 1.54) is 25.7 Å². The number of nitrogens with zero attached hydrogens (tertiary/aromatic N) is 2. The molecule has 14 heavy (non-hydrogen) atoms. The molecule has 4 heteroatoms. The summed E-state index contributed by atoms with van der Waals surface area (Å²) in [5, 5.41) is 3.51. The van der Waals surface area contributed by atoms with Gasteiger partial charge in [-0.05, 0) is 12.8 Å². The molecule has 0 radical (unpaired) electrons. The topological polar surface area (TPSA) is 55.9 Å². The number of aryl methyl sites for hydroxylation is 1. The molecule has 4 nitrogen and oxygen atoms in total. The first-order valence-corrected chi connectivity index (χ1v) is 5.27. The summed E-state index contributed by atoms with van der Waals surface area (Å²) in [4.78, 5) is 4.25. The molecule has 1 aliphatic rings. The highest BCUT2D eigenvalue weighted by Gasteiger charge is 2.14. The number of nitrogens with one attached hydrogen (secondary N) is 1. The quantitative estimate of drug-likeness (QED) is 0.755. The lowest BCUT2D eigenvalue weighted by atomic mass is 10.2. The second kappa shape index (κ2) is 4.00. The van der Waals surface area contributed by atoms with Crippen molar-refractivity contribution in [3.63, 3.8) is 0 Å². The smallest absolute Gasteiger partial charge is 0.141 e. The van der Waals surface area contributed by atoms with Crippen LogP contribution in [0.4, 0.5) is 5.82 Å². The summed E-state index contributed by atoms with van der Waals surface area (Å²) >= 11 is 0. The van der Waals surface area contributed by atoms with Crippen molar-refractivity contribution in [2.24, 2.45) is 7.05 Å². The number of anilines is 1. The van der Waals surface area contributed by atoms with E-state index < -0.39 is 0 Å². The summed E-state index contributed by atoms with van der Waals surface area (Å²) in [6.45, 7) is 0.832. The summed E-state index contributed by atoms with van der Waals surface area (Å²) in [7, 11) is 1.98. The Morgan fingerprint density at radius 3 is 2.86 bits per heavy atom. The molecule has 1 aliphatic carbocycles. The first kappa shape index (κ1) is 9.52. The number of hydrogen-bond donors (Lipinski definition) is 2. The lowest BCUT2D eigenvalue weighted by Crippen LogP contribution is -2.26. The Labute approximate surface area is 84.5 Å². The molecule has 78 valence electrons. The lowest BCUT2D eigenvalue weighted by Gasteiger charge is -2.10. The van der Waals surface area contributed by atoms with Crippen LogP contribution in [0.3, 0.4) is 0 Å². The number of rotatable bonds is 3. The number of imidazole rings is 1. The van der Waals surface area contributed by atoms with Gasteiger partial charge in [0.15, 0.2) is 0 Å². The molecular weight excluding hydrogens is 176 g/mol. The van der Waals surface area contributed by atoms with Crippen LogP contribution in [0.15, 0.2) is 6.20 Å². The van der Waals surface area contributed by atoms with Crippen molar-refractivity contribution in [2.45, 2.75) is 38.3 Å². The van der Waals surface area contributed by atoms with Gasteiger partial charge in [-0.2, -0.15) is 0 Å². The molecule has 1 fully saturated rings. The van der Waals surface area contributed by atoms with E-state index >= 15 is 0 Å². The van der Waals surface area contributed by atoms with Crippen LogP contribution < -0.4 is 11.1 Å². The number of hydrogen-bond acceptors (Lipinski definition) is 3. The van der Waals surface area contributed by atoms with E-state index in [1.54, 1.807) is 0 Å². The van der Waals surface area contributed by atoms with Gasteiger partial charge in [0.05, 0.1) is 6.54 Å². The fraction of sp³-hybridized carbons (Fsp3) is 0.700. The third-order valence-corrected chi connectivity index (χ3v) is 2.90. The molecular formula is C10H18N4. The van der Waals surface area contributed by atoms with Crippen molar-refractivity contribution >= 4 is 5.82 Å².